The molecular formula is C52H62N2O4. The Morgan fingerprint density at radius 3 is 1.66 bits per heavy atom. The summed E-state index contributed by atoms with van der Waals surface area (Å²) < 4.78 is 9.73. The second kappa shape index (κ2) is 20.4. The number of carbonyl (C=O) groups is 2. The monoisotopic (exact) mass is 778 g/mol. The van der Waals surface area contributed by atoms with Crippen molar-refractivity contribution in [2.24, 2.45) is 0 Å². The van der Waals surface area contributed by atoms with Crippen LogP contribution in [-0.4, -0.2) is 38.2 Å². The fraction of sp³-hybridized carbons (Fsp3) is 0.385. The van der Waals surface area contributed by atoms with Crippen molar-refractivity contribution in [3.05, 3.63) is 143 Å². The highest BCUT2D eigenvalue weighted by molar-refractivity contribution is 5.81. The Balaban J connectivity index is 1.29. The molecule has 304 valence electrons. The highest BCUT2D eigenvalue weighted by Crippen LogP contribution is 2.40. The van der Waals surface area contributed by atoms with Crippen LogP contribution in [-0.2, 0) is 31.9 Å². The molecule has 58 heavy (non-hydrogen) atoms. The average Bonchev–Trinajstić information content (AvgIpc) is 3.25. The molecule has 2 aliphatic rings. The Bertz CT molecular complexity index is 2050. The smallest absolute Gasteiger partial charge is 0.305 e. The van der Waals surface area contributed by atoms with Crippen molar-refractivity contribution in [3.8, 4) is 11.1 Å². The summed E-state index contributed by atoms with van der Waals surface area (Å²) in [6.45, 7) is 9.01. The molecule has 6 heteroatoms. The zero-order valence-corrected chi connectivity index (χ0v) is 35.6. The van der Waals surface area contributed by atoms with Gasteiger partial charge in [0.25, 0.3) is 0 Å². The van der Waals surface area contributed by atoms with Crippen LogP contribution in [0.2, 0.25) is 0 Å². The molecule has 0 bridgehead atoms. The van der Waals surface area contributed by atoms with E-state index in [0.717, 1.165) is 53.0 Å². The predicted molar refractivity (Wildman–Crippen MR) is 240 cm³/mol. The number of aryl methyl sites for hydroxylation is 4. The first kappa shape index (κ1) is 42.3. The van der Waals surface area contributed by atoms with Crippen molar-refractivity contribution in [2.75, 3.05) is 24.0 Å². The average molecular weight is 779 g/mol. The van der Waals surface area contributed by atoms with Crippen LogP contribution in [0.15, 0.2) is 120 Å². The van der Waals surface area contributed by atoms with Gasteiger partial charge < -0.3 is 19.3 Å². The summed E-state index contributed by atoms with van der Waals surface area (Å²) >= 11 is 0. The molecule has 0 fully saturated rings. The second-order valence-electron chi connectivity index (χ2n) is 16.0. The standard InChI is InChI=1S/C52H62N2O4/c1-7-9-39-11-23-45(24-12-39)53(46-25-13-40(10-8-2)14-26-46)49-31-21-43(35-37(49)3)44-22-32-50(38(4)36-44)54(47-27-15-41(16-28-47)19-33-51(55)57-5)48-29-17-42(18-30-48)20-34-52(56)58-6/h11-13,15-18,21-23,27-32,35-36,45-46H,7-10,14,19-20,24-26,33-34H2,1-6H3. The summed E-state index contributed by atoms with van der Waals surface area (Å²) in [6.07, 6.45) is 21.1. The number of allylic oxidation sites excluding steroid dienone is 3. The molecule has 0 amide bonds. The number of carbonyl (C=O) groups excluding carboxylic acids is 2. The van der Waals surface area contributed by atoms with E-state index in [4.69, 9.17) is 9.47 Å². The van der Waals surface area contributed by atoms with Crippen LogP contribution in [0, 0.1) is 13.8 Å². The third-order valence-electron chi connectivity index (χ3n) is 11.8. The number of rotatable bonds is 17. The van der Waals surface area contributed by atoms with E-state index in [1.807, 2.05) is 0 Å². The minimum Gasteiger partial charge on any atom is -0.469 e. The third kappa shape index (κ3) is 10.6. The van der Waals surface area contributed by atoms with Gasteiger partial charge in [0.2, 0.25) is 0 Å². The van der Waals surface area contributed by atoms with Crippen LogP contribution in [0.3, 0.4) is 0 Å². The molecule has 0 aromatic heterocycles. The molecule has 2 unspecified atom stereocenters. The molecule has 0 saturated heterocycles. The number of esters is 2. The number of hydrogen-bond acceptors (Lipinski definition) is 6. The van der Waals surface area contributed by atoms with Gasteiger partial charge in [0.1, 0.15) is 0 Å². The van der Waals surface area contributed by atoms with Gasteiger partial charge in [-0.25, -0.2) is 0 Å². The summed E-state index contributed by atoms with van der Waals surface area (Å²) in [5.41, 5.74) is 14.6. The Morgan fingerprint density at radius 2 is 1.21 bits per heavy atom. The topological polar surface area (TPSA) is 59.1 Å². The van der Waals surface area contributed by atoms with E-state index in [2.05, 4.69) is 147 Å². The first-order valence-corrected chi connectivity index (χ1v) is 21.4. The first-order chi connectivity index (χ1) is 28.2. The van der Waals surface area contributed by atoms with Gasteiger partial charge >= 0.3 is 11.9 Å². The molecule has 6 rings (SSSR count). The molecule has 0 radical (unpaired) electrons. The minimum absolute atomic E-state index is 0.210. The van der Waals surface area contributed by atoms with E-state index >= 15 is 0 Å². The Morgan fingerprint density at radius 1 is 0.655 bits per heavy atom. The molecule has 4 aromatic carbocycles. The van der Waals surface area contributed by atoms with Gasteiger partial charge in [0, 0.05) is 41.6 Å². The molecule has 4 aromatic rings. The molecule has 0 aliphatic heterocycles. The van der Waals surface area contributed by atoms with Crippen LogP contribution < -0.4 is 9.80 Å². The van der Waals surface area contributed by atoms with Crippen LogP contribution in [0.1, 0.15) is 100 Å². The number of anilines is 4. The van der Waals surface area contributed by atoms with E-state index in [-0.39, 0.29) is 11.9 Å². The summed E-state index contributed by atoms with van der Waals surface area (Å²) in [5, 5.41) is 0. The maximum atomic E-state index is 11.8. The van der Waals surface area contributed by atoms with Crippen molar-refractivity contribution in [3.63, 3.8) is 0 Å². The van der Waals surface area contributed by atoms with E-state index in [0.29, 0.717) is 37.8 Å². The van der Waals surface area contributed by atoms with E-state index in [1.54, 1.807) is 5.57 Å². The number of nitrogens with zero attached hydrogens (tertiary/aromatic N) is 2. The van der Waals surface area contributed by atoms with Crippen molar-refractivity contribution in [1.29, 1.82) is 0 Å². The summed E-state index contributed by atoms with van der Waals surface area (Å²) in [7, 11) is 2.85. The number of benzene rings is 4. The van der Waals surface area contributed by atoms with Gasteiger partial charge in [-0.05, 0) is 147 Å². The SMILES string of the molecule is CCCC1=CCC(N(c2ccc(-c3ccc(N(c4ccc(CCC(=O)OC)cc4)c4ccc(CCC(=O)OC)cc4)c(C)c3)cc2C)C2CC=C(CCC)CC2)C=C1. The van der Waals surface area contributed by atoms with Crippen LogP contribution in [0.4, 0.5) is 22.7 Å². The molecule has 2 atom stereocenters. The van der Waals surface area contributed by atoms with Gasteiger partial charge in [-0.15, -0.1) is 0 Å². The second-order valence-corrected chi connectivity index (χ2v) is 16.0. The van der Waals surface area contributed by atoms with Crippen molar-refractivity contribution < 1.29 is 19.1 Å². The minimum atomic E-state index is -0.210. The molecular weight excluding hydrogens is 717 g/mol. The summed E-state index contributed by atoms with van der Waals surface area (Å²) in [6, 6.07) is 31.5. The lowest BCUT2D eigenvalue weighted by Crippen LogP contribution is -2.44. The normalized spacial score (nSPS) is 16.3. The number of methoxy groups -OCH3 is 2. The van der Waals surface area contributed by atoms with Crippen molar-refractivity contribution in [1.82, 2.24) is 0 Å². The van der Waals surface area contributed by atoms with E-state index in [1.165, 1.54) is 74.3 Å². The highest BCUT2D eigenvalue weighted by atomic mass is 16.5. The van der Waals surface area contributed by atoms with Gasteiger partial charge in [-0.3, -0.25) is 9.59 Å². The highest BCUT2D eigenvalue weighted by Gasteiger charge is 2.29. The molecule has 6 nitrogen and oxygen atoms in total. The molecule has 0 heterocycles. The molecule has 0 saturated carbocycles. The molecule has 0 spiro atoms. The van der Waals surface area contributed by atoms with Crippen LogP contribution in [0.25, 0.3) is 11.1 Å². The zero-order valence-electron chi connectivity index (χ0n) is 35.6. The largest absolute Gasteiger partial charge is 0.469 e. The predicted octanol–water partition coefficient (Wildman–Crippen LogP) is 12.8. The summed E-state index contributed by atoms with van der Waals surface area (Å²) in [5.74, 6) is -0.420. The maximum absolute atomic E-state index is 11.8. The summed E-state index contributed by atoms with van der Waals surface area (Å²) in [4.78, 5) is 28.6. The zero-order chi connectivity index (χ0) is 41.0. The van der Waals surface area contributed by atoms with Crippen LogP contribution in [0.5, 0.6) is 0 Å². The Hall–Kier alpha value is -5.36. The number of ether oxygens (including phenoxy) is 2. The Kier molecular flexibility index (Phi) is 14.8. The van der Waals surface area contributed by atoms with Crippen molar-refractivity contribution in [2.45, 2.75) is 117 Å². The van der Waals surface area contributed by atoms with Crippen LogP contribution >= 0.6 is 0 Å². The van der Waals surface area contributed by atoms with Crippen molar-refractivity contribution >= 4 is 34.7 Å². The fourth-order valence-electron chi connectivity index (χ4n) is 8.61. The maximum Gasteiger partial charge on any atom is 0.305 e. The lowest BCUT2D eigenvalue weighted by atomic mass is 9.88. The quantitative estimate of drug-likeness (QED) is 0.0786. The Labute approximate surface area is 347 Å². The lowest BCUT2D eigenvalue weighted by Gasteiger charge is -2.42. The van der Waals surface area contributed by atoms with Gasteiger partial charge in [-0.1, -0.05) is 98.5 Å². The van der Waals surface area contributed by atoms with Gasteiger partial charge in [0.05, 0.1) is 20.3 Å². The molecule has 0 N–H and O–H groups in total. The fourth-order valence-corrected chi connectivity index (χ4v) is 8.61. The van der Waals surface area contributed by atoms with E-state index in [9.17, 15) is 9.59 Å². The van der Waals surface area contributed by atoms with E-state index < -0.39 is 0 Å². The first-order valence-electron chi connectivity index (χ1n) is 21.4. The lowest BCUT2D eigenvalue weighted by molar-refractivity contribution is -0.141. The van der Waals surface area contributed by atoms with Gasteiger partial charge in [-0.2, -0.15) is 0 Å². The molecule has 2 aliphatic carbocycles. The third-order valence-corrected chi connectivity index (χ3v) is 11.8. The van der Waals surface area contributed by atoms with Gasteiger partial charge in [0.15, 0.2) is 0 Å². The number of hydrogen-bond donors (Lipinski definition) is 0.